The predicted octanol–water partition coefficient (Wildman–Crippen LogP) is 1.18. The van der Waals surface area contributed by atoms with E-state index in [0.29, 0.717) is 17.8 Å². The quantitative estimate of drug-likeness (QED) is 0.892. The summed E-state index contributed by atoms with van der Waals surface area (Å²) < 4.78 is 1.36. The molecule has 0 atom stereocenters. The zero-order valence-corrected chi connectivity index (χ0v) is 12.4. The van der Waals surface area contributed by atoms with Gasteiger partial charge in [0, 0.05) is 24.3 Å². The highest BCUT2D eigenvalue weighted by Crippen LogP contribution is 2.27. The first-order chi connectivity index (χ1) is 10.1. The van der Waals surface area contributed by atoms with Gasteiger partial charge in [-0.25, -0.2) is 4.98 Å². The van der Waals surface area contributed by atoms with Crippen LogP contribution in [0.2, 0.25) is 0 Å². The lowest BCUT2D eigenvalue weighted by atomic mass is 9.85. The number of thiazole rings is 1. The molecule has 3 rings (SSSR count). The summed E-state index contributed by atoms with van der Waals surface area (Å²) in [5.41, 5.74) is -1.22. The molecule has 0 unspecified atom stereocenters. The molecule has 0 aliphatic heterocycles. The zero-order chi connectivity index (χ0) is 14.9. The second kappa shape index (κ2) is 5.57. The van der Waals surface area contributed by atoms with Gasteiger partial charge < -0.3 is 10.4 Å². The molecule has 7 heteroatoms. The van der Waals surface area contributed by atoms with Crippen molar-refractivity contribution in [3.63, 3.8) is 0 Å². The van der Waals surface area contributed by atoms with Crippen LogP contribution in [0.1, 0.15) is 42.5 Å². The molecule has 1 saturated carbocycles. The standard InChI is InChI=1S/C14H17N3O3S/c18-11(16-9-14(20)4-2-1-3-5-14)10-8-15-13-17(12(10)19)6-7-21-13/h6-8,20H,1-5,9H2,(H,16,18). The number of fused-ring (bicyclic) bond motifs is 1. The molecule has 6 nitrogen and oxygen atoms in total. The third-order valence-electron chi connectivity index (χ3n) is 3.95. The Kier molecular flexibility index (Phi) is 3.77. The average molecular weight is 307 g/mol. The lowest BCUT2D eigenvalue weighted by molar-refractivity contribution is 0.00523. The fraction of sp³-hybridized carbons (Fsp3) is 0.500. The molecule has 1 fully saturated rings. The van der Waals surface area contributed by atoms with Crippen molar-refractivity contribution in [3.05, 3.63) is 33.7 Å². The largest absolute Gasteiger partial charge is 0.388 e. The van der Waals surface area contributed by atoms with Crippen molar-refractivity contribution in [1.29, 1.82) is 0 Å². The number of aliphatic hydroxyl groups is 1. The second-order valence-electron chi connectivity index (χ2n) is 5.50. The number of aromatic nitrogens is 2. The van der Waals surface area contributed by atoms with Gasteiger partial charge in [0.1, 0.15) is 5.56 Å². The molecule has 0 bridgehead atoms. The van der Waals surface area contributed by atoms with E-state index in [1.807, 2.05) is 0 Å². The number of rotatable bonds is 3. The first kappa shape index (κ1) is 14.2. The Morgan fingerprint density at radius 3 is 2.95 bits per heavy atom. The van der Waals surface area contributed by atoms with Gasteiger partial charge in [0.2, 0.25) is 0 Å². The molecule has 112 valence electrons. The third-order valence-corrected chi connectivity index (χ3v) is 4.72. The van der Waals surface area contributed by atoms with Crippen molar-refractivity contribution in [2.45, 2.75) is 37.7 Å². The maximum atomic E-state index is 12.2. The Morgan fingerprint density at radius 1 is 1.43 bits per heavy atom. The Balaban J connectivity index is 1.75. The van der Waals surface area contributed by atoms with Crippen LogP contribution in [-0.2, 0) is 0 Å². The lowest BCUT2D eigenvalue weighted by Gasteiger charge is -2.32. The fourth-order valence-electron chi connectivity index (χ4n) is 2.71. The van der Waals surface area contributed by atoms with Gasteiger partial charge in [0.05, 0.1) is 5.60 Å². The molecule has 0 saturated heterocycles. The minimum absolute atomic E-state index is 0.00492. The number of nitrogens with zero attached hydrogens (tertiary/aromatic N) is 2. The van der Waals surface area contributed by atoms with E-state index in [4.69, 9.17) is 0 Å². The van der Waals surface area contributed by atoms with Gasteiger partial charge in [-0.15, -0.1) is 11.3 Å². The molecule has 2 N–H and O–H groups in total. The number of amides is 1. The summed E-state index contributed by atoms with van der Waals surface area (Å²) >= 11 is 1.34. The van der Waals surface area contributed by atoms with Crippen LogP contribution in [0.25, 0.3) is 4.96 Å². The Labute approximate surface area is 125 Å². The van der Waals surface area contributed by atoms with Crippen LogP contribution < -0.4 is 10.9 Å². The minimum atomic E-state index is -0.843. The third kappa shape index (κ3) is 2.84. The van der Waals surface area contributed by atoms with Gasteiger partial charge in [-0.2, -0.15) is 0 Å². The topological polar surface area (TPSA) is 83.7 Å². The van der Waals surface area contributed by atoms with Gasteiger partial charge in [0.25, 0.3) is 11.5 Å². The summed E-state index contributed by atoms with van der Waals surface area (Å²) in [7, 11) is 0. The highest BCUT2D eigenvalue weighted by atomic mass is 32.1. The molecule has 1 aliphatic rings. The number of nitrogens with one attached hydrogen (secondary N) is 1. The van der Waals surface area contributed by atoms with E-state index in [1.165, 1.54) is 21.9 Å². The smallest absolute Gasteiger partial charge is 0.271 e. The van der Waals surface area contributed by atoms with Crippen LogP contribution in [-0.4, -0.2) is 32.5 Å². The lowest BCUT2D eigenvalue weighted by Crippen LogP contribution is -2.45. The summed E-state index contributed by atoms with van der Waals surface area (Å²) in [6.07, 6.45) is 7.34. The van der Waals surface area contributed by atoms with Gasteiger partial charge in [-0.3, -0.25) is 14.0 Å². The summed E-state index contributed by atoms with van der Waals surface area (Å²) in [5, 5.41) is 14.8. The van der Waals surface area contributed by atoms with Crippen molar-refractivity contribution in [2.24, 2.45) is 0 Å². The normalized spacial score (nSPS) is 17.8. The van der Waals surface area contributed by atoms with Crippen molar-refractivity contribution in [3.8, 4) is 0 Å². The van der Waals surface area contributed by atoms with Crippen LogP contribution in [0.4, 0.5) is 0 Å². The summed E-state index contributed by atoms with van der Waals surface area (Å²) in [6, 6.07) is 0. The van der Waals surface area contributed by atoms with Gasteiger partial charge >= 0.3 is 0 Å². The van der Waals surface area contributed by atoms with E-state index >= 15 is 0 Å². The molecule has 1 amide bonds. The van der Waals surface area contributed by atoms with Crippen LogP contribution in [0.3, 0.4) is 0 Å². The molecule has 2 aromatic rings. The molecule has 2 heterocycles. The molecule has 0 radical (unpaired) electrons. The molecule has 0 aromatic carbocycles. The molecular weight excluding hydrogens is 290 g/mol. The average Bonchev–Trinajstić information content (AvgIpc) is 2.95. The SMILES string of the molecule is O=C(NCC1(O)CCCCC1)c1cnc2sccn2c1=O. The Morgan fingerprint density at radius 2 is 2.19 bits per heavy atom. The van der Waals surface area contributed by atoms with Gasteiger partial charge in [-0.1, -0.05) is 19.3 Å². The predicted molar refractivity (Wildman–Crippen MR) is 79.7 cm³/mol. The van der Waals surface area contributed by atoms with E-state index < -0.39 is 11.5 Å². The molecular formula is C14H17N3O3S. The summed E-state index contributed by atoms with van der Waals surface area (Å²) in [4.78, 5) is 29.0. The fourth-order valence-corrected chi connectivity index (χ4v) is 3.38. The maximum Gasteiger partial charge on any atom is 0.271 e. The first-order valence-electron chi connectivity index (χ1n) is 7.05. The number of hydrogen-bond acceptors (Lipinski definition) is 5. The van der Waals surface area contributed by atoms with E-state index in [0.717, 1.165) is 19.3 Å². The highest BCUT2D eigenvalue weighted by Gasteiger charge is 2.29. The highest BCUT2D eigenvalue weighted by molar-refractivity contribution is 7.15. The van der Waals surface area contributed by atoms with Crippen molar-refractivity contribution in [2.75, 3.05) is 6.54 Å². The number of carbonyl (C=O) groups is 1. The number of hydrogen-bond donors (Lipinski definition) is 2. The van der Waals surface area contributed by atoms with Gasteiger partial charge in [0.15, 0.2) is 4.96 Å². The van der Waals surface area contributed by atoms with E-state index in [2.05, 4.69) is 10.3 Å². The van der Waals surface area contributed by atoms with Crippen LogP contribution in [0, 0.1) is 0 Å². The maximum absolute atomic E-state index is 12.2. The molecule has 1 aliphatic carbocycles. The Bertz CT molecular complexity index is 716. The van der Waals surface area contributed by atoms with Crippen LogP contribution >= 0.6 is 11.3 Å². The van der Waals surface area contributed by atoms with Gasteiger partial charge in [-0.05, 0) is 12.8 Å². The Hall–Kier alpha value is -1.73. The zero-order valence-electron chi connectivity index (χ0n) is 11.5. The summed E-state index contributed by atoms with van der Waals surface area (Å²) in [5.74, 6) is -0.480. The van der Waals surface area contributed by atoms with Crippen LogP contribution in [0.15, 0.2) is 22.6 Å². The van der Waals surface area contributed by atoms with E-state index in [-0.39, 0.29) is 17.7 Å². The monoisotopic (exact) mass is 307 g/mol. The van der Waals surface area contributed by atoms with Crippen molar-refractivity contribution in [1.82, 2.24) is 14.7 Å². The molecule has 0 spiro atoms. The first-order valence-corrected chi connectivity index (χ1v) is 7.92. The van der Waals surface area contributed by atoms with E-state index in [9.17, 15) is 14.7 Å². The van der Waals surface area contributed by atoms with Crippen LogP contribution in [0.5, 0.6) is 0 Å². The summed E-state index contributed by atoms with van der Waals surface area (Å²) in [6.45, 7) is 0.178. The second-order valence-corrected chi connectivity index (χ2v) is 6.37. The van der Waals surface area contributed by atoms with E-state index in [1.54, 1.807) is 11.6 Å². The minimum Gasteiger partial charge on any atom is -0.388 e. The van der Waals surface area contributed by atoms with Crippen molar-refractivity contribution >= 4 is 22.2 Å². The van der Waals surface area contributed by atoms with Crippen molar-refractivity contribution < 1.29 is 9.90 Å². The molecule has 21 heavy (non-hydrogen) atoms. The number of carbonyl (C=O) groups excluding carboxylic acids is 1. The molecule has 2 aromatic heterocycles.